The van der Waals surface area contributed by atoms with Gasteiger partial charge in [-0.1, -0.05) is 15.9 Å². The van der Waals surface area contributed by atoms with Gasteiger partial charge in [-0.05, 0) is 12.1 Å². The Labute approximate surface area is 99.3 Å². The molecule has 6 heteroatoms. The third-order valence-corrected chi connectivity index (χ3v) is 2.81. The maximum atomic E-state index is 13.4. The molecule has 16 heavy (non-hydrogen) atoms. The standard InChI is InChI=1S/C10H9BrF2N2O/c11-5-1-7(12)9(8(13)2-5)10(16)15-6-3-14-4-6/h1-2,6,14H,3-4H2,(H,15,16). The molecule has 1 heterocycles. The van der Waals surface area contributed by atoms with Gasteiger partial charge in [0.2, 0.25) is 0 Å². The van der Waals surface area contributed by atoms with Gasteiger partial charge in [-0.15, -0.1) is 0 Å². The quantitative estimate of drug-likeness (QED) is 0.865. The van der Waals surface area contributed by atoms with E-state index in [4.69, 9.17) is 0 Å². The van der Waals surface area contributed by atoms with E-state index in [-0.39, 0.29) is 10.5 Å². The average molecular weight is 291 g/mol. The van der Waals surface area contributed by atoms with Gasteiger partial charge in [-0.25, -0.2) is 8.78 Å². The molecule has 0 bridgehead atoms. The largest absolute Gasteiger partial charge is 0.347 e. The molecule has 0 atom stereocenters. The molecule has 2 N–H and O–H groups in total. The summed E-state index contributed by atoms with van der Waals surface area (Å²) in [6.07, 6.45) is 0. The predicted molar refractivity (Wildman–Crippen MR) is 58.2 cm³/mol. The highest BCUT2D eigenvalue weighted by Crippen LogP contribution is 2.19. The average Bonchev–Trinajstić information content (AvgIpc) is 2.09. The van der Waals surface area contributed by atoms with Crippen molar-refractivity contribution in [3.05, 3.63) is 33.8 Å². The zero-order valence-corrected chi connectivity index (χ0v) is 9.77. The van der Waals surface area contributed by atoms with Crippen molar-refractivity contribution in [2.75, 3.05) is 13.1 Å². The first-order valence-corrected chi connectivity index (χ1v) is 5.53. The van der Waals surface area contributed by atoms with Crippen molar-refractivity contribution < 1.29 is 13.6 Å². The minimum absolute atomic E-state index is 0.0463. The molecule has 0 aliphatic carbocycles. The second-order valence-electron chi connectivity index (χ2n) is 3.57. The third kappa shape index (κ3) is 2.22. The van der Waals surface area contributed by atoms with Crippen LogP contribution in [0.1, 0.15) is 10.4 Å². The maximum Gasteiger partial charge on any atom is 0.257 e. The summed E-state index contributed by atoms with van der Waals surface area (Å²) in [5.74, 6) is -2.44. The molecule has 1 aliphatic rings. The van der Waals surface area contributed by atoms with Crippen LogP contribution in [0.15, 0.2) is 16.6 Å². The number of nitrogens with one attached hydrogen (secondary N) is 2. The van der Waals surface area contributed by atoms with Crippen molar-refractivity contribution in [1.29, 1.82) is 0 Å². The molecular formula is C10H9BrF2N2O. The van der Waals surface area contributed by atoms with Crippen LogP contribution in [0.25, 0.3) is 0 Å². The number of carbonyl (C=O) groups excluding carboxylic acids is 1. The zero-order valence-electron chi connectivity index (χ0n) is 8.19. The van der Waals surface area contributed by atoms with Gasteiger partial charge in [0, 0.05) is 17.6 Å². The lowest BCUT2D eigenvalue weighted by molar-refractivity contribution is 0.0915. The van der Waals surface area contributed by atoms with Gasteiger partial charge in [0.25, 0.3) is 5.91 Å². The smallest absolute Gasteiger partial charge is 0.257 e. The van der Waals surface area contributed by atoms with Crippen LogP contribution < -0.4 is 10.6 Å². The maximum absolute atomic E-state index is 13.4. The minimum atomic E-state index is -0.864. The first-order chi connectivity index (χ1) is 7.58. The first-order valence-electron chi connectivity index (χ1n) is 4.74. The van der Waals surface area contributed by atoms with Gasteiger partial charge in [-0.3, -0.25) is 4.79 Å². The van der Waals surface area contributed by atoms with Gasteiger partial charge in [-0.2, -0.15) is 0 Å². The van der Waals surface area contributed by atoms with E-state index < -0.39 is 23.1 Å². The van der Waals surface area contributed by atoms with Crippen LogP contribution >= 0.6 is 15.9 Å². The van der Waals surface area contributed by atoms with Crippen LogP contribution in [0, 0.1) is 11.6 Å². The molecule has 3 nitrogen and oxygen atoms in total. The molecule has 0 unspecified atom stereocenters. The summed E-state index contributed by atoms with van der Waals surface area (Å²) < 4.78 is 27.0. The van der Waals surface area contributed by atoms with E-state index in [0.717, 1.165) is 12.1 Å². The number of carbonyl (C=O) groups is 1. The number of amides is 1. The topological polar surface area (TPSA) is 41.1 Å². The van der Waals surface area contributed by atoms with Gasteiger partial charge in [0.15, 0.2) is 0 Å². The lowest BCUT2D eigenvalue weighted by atomic mass is 10.1. The summed E-state index contributed by atoms with van der Waals surface area (Å²) in [5.41, 5.74) is -0.532. The molecule has 0 aromatic heterocycles. The van der Waals surface area contributed by atoms with Crippen LogP contribution in [0.5, 0.6) is 0 Å². The molecule has 0 radical (unpaired) electrons. The summed E-state index contributed by atoms with van der Waals surface area (Å²) >= 11 is 2.95. The summed E-state index contributed by atoms with van der Waals surface area (Å²) in [4.78, 5) is 11.6. The summed E-state index contributed by atoms with van der Waals surface area (Å²) in [7, 11) is 0. The fourth-order valence-electron chi connectivity index (χ4n) is 1.41. The third-order valence-electron chi connectivity index (χ3n) is 2.35. The number of benzene rings is 1. The fraction of sp³-hybridized carbons (Fsp3) is 0.300. The Balaban J connectivity index is 2.21. The molecule has 1 saturated heterocycles. The molecule has 0 saturated carbocycles. The van der Waals surface area contributed by atoms with Crippen LogP contribution in [0.4, 0.5) is 8.78 Å². The Hall–Kier alpha value is -1.01. The van der Waals surface area contributed by atoms with Crippen LogP contribution in [-0.4, -0.2) is 25.0 Å². The lowest BCUT2D eigenvalue weighted by Crippen LogP contribution is -2.57. The summed E-state index contributed by atoms with van der Waals surface area (Å²) in [6, 6.07) is 2.09. The second kappa shape index (κ2) is 4.47. The van der Waals surface area contributed by atoms with Crippen molar-refractivity contribution in [3.8, 4) is 0 Å². The molecule has 1 aliphatic heterocycles. The van der Waals surface area contributed by atoms with Crippen LogP contribution in [-0.2, 0) is 0 Å². The molecular weight excluding hydrogens is 282 g/mol. The SMILES string of the molecule is O=C(NC1CNC1)c1c(F)cc(Br)cc1F. The van der Waals surface area contributed by atoms with E-state index in [1.807, 2.05) is 0 Å². The highest BCUT2D eigenvalue weighted by atomic mass is 79.9. The van der Waals surface area contributed by atoms with Crippen molar-refractivity contribution in [1.82, 2.24) is 10.6 Å². The Bertz CT molecular complexity index is 412. The van der Waals surface area contributed by atoms with Crippen molar-refractivity contribution in [2.24, 2.45) is 0 Å². The monoisotopic (exact) mass is 290 g/mol. The van der Waals surface area contributed by atoms with Gasteiger partial charge < -0.3 is 10.6 Å². The molecule has 1 fully saturated rings. The number of hydrogen-bond donors (Lipinski definition) is 2. The highest BCUT2D eigenvalue weighted by molar-refractivity contribution is 9.10. The van der Waals surface area contributed by atoms with Gasteiger partial charge >= 0.3 is 0 Å². The highest BCUT2D eigenvalue weighted by Gasteiger charge is 2.23. The second-order valence-corrected chi connectivity index (χ2v) is 4.49. The van der Waals surface area contributed by atoms with Gasteiger partial charge in [0.05, 0.1) is 6.04 Å². The Kier molecular flexibility index (Phi) is 3.20. The summed E-state index contributed by atoms with van der Waals surface area (Å²) in [5, 5.41) is 5.48. The molecule has 0 spiro atoms. The molecule has 86 valence electrons. The molecule has 1 amide bonds. The zero-order chi connectivity index (χ0) is 11.7. The van der Waals surface area contributed by atoms with E-state index >= 15 is 0 Å². The normalized spacial score (nSPS) is 15.7. The van der Waals surface area contributed by atoms with E-state index in [0.29, 0.717) is 13.1 Å². The Morgan fingerprint density at radius 3 is 2.38 bits per heavy atom. The molecule has 1 aromatic rings. The van der Waals surface area contributed by atoms with E-state index in [1.165, 1.54) is 0 Å². The predicted octanol–water partition coefficient (Wildman–Crippen LogP) is 1.43. The van der Waals surface area contributed by atoms with Crippen LogP contribution in [0.2, 0.25) is 0 Å². The fourth-order valence-corrected chi connectivity index (χ4v) is 1.81. The first kappa shape index (κ1) is 11.5. The van der Waals surface area contributed by atoms with E-state index in [1.54, 1.807) is 0 Å². The Morgan fingerprint density at radius 2 is 1.94 bits per heavy atom. The Morgan fingerprint density at radius 1 is 1.38 bits per heavy atom. The minimum Gasteiger partial charge on any atom is -0.347 e. The van der Waals surface area contributed by atoms with Gasteiger partial charge in [0.1, 0.15) is 17.2 Å². The molecule has 1 aromatic carbocycles. The van der Waals surface area contributed by atoms with Crippen molar-refractivity contribution in [3.63, 3.8) is 0 Å². The number of rotatable bonds is 2. The van der Waals surface area contributed by atoms with E-state index in [2.05, 4.69) is 26.6 Å². The number of halogens is 3. The van der Waals surface area contributed by atoms with E-state index in [9.17, 15) is 13.6 Å². The summed E-state index contributed by atoms with van der Waals surface area (Å²) in [6.45, 7) is 1.26. The molecule has 2 rings (SSSR count). The van der Waals surface area contributed by atoms with Crippen LogP contribution in [0.3, 0.4) is 0 Å². The van der Waals surface area contributed by atoms with Crippen molar-refractivity contribution in [2.45, 2.75) is 6.04 Å². The number of hydrogen-bond acceptors (Lipinski definition) is 2. The van der Waals surface area contributed by atoms with Crippen molar-refractivity contribution >= 4 is 21.8 Å². The lowest BCUT2D eigenvalue weighted by Gasteiger charge is -2.28.